The summed E-state index contributed by atoms with van der Waals surface area (Å²) < 4.78 is 2.56. The van der Waals surface area contributed by atoms with Crippen LogP contribution in [0.5, 0.6) is 0 Å². The smallest absolute Gasteiger partial charge is 0.252 e. The van der Waals surface area contributed by atoms with E-state index in [-0.39, 0.29) is 33.8 Å². The Morgan fingerprint density at radius 2 is 0.827 bits per heavy atom. The first-order chi connectivity index (χ1) is 38.1. The van der Waals surface area contributed by atoms with Gasteiger partial charge >= 0.3 is 0 Å². The van der Waals surface area contributed by atoms with Gasteiger partial charge in [-0.05, 0) is 175 Å². The Morgan fingerprint density at radius 1 is 0.395 bits per heavy atom. The summed E-state index contributed by atoms with van der Waals surface area (Å²) >= 11 is 1.94. The molecule has 0 amide bonds. The predicted molar refractivity (Wildman–Crippen MR) is 356 cm³/mol. The molecule has 0 aliphatic carbocycles. The largest absolute Gasteiger partial charge is 0.311 e. The molecule has 0 bridgehead atoms. The number of rotatable bonds is 6. The molecule has 0 unspecified atom stereocenters. The Labute approximate surface area is 488 Å². The maximum absolute atomic E-state index is 2.67. The van der Waals surface area contributed by atoms with E-state index in [0.29, 0.717) is 0 Å². The van der Waals surface area contributed by atoms with Crippen molar-refractivity contribution in [2.45, 2.75) is 145 Å². The molecule has 0 radical (unpaired) electrons. The Kier molecular flexibility index (Phi) is 12.8. The molecule has 0 fully saturated rings. The van der Waals surface area contributed by atoms with Crippen LogP contribution in [0.25, 0.3) is 31.3 Å². The van der Waals surface area contributed by atoms with Crippen LogP contribution >= 0.6 is 11.3 Å². The second-order valence-corrected chi connectivity index (χ2v) is 29.6. The van der Waals surface area contributed by atoms with E-state index in [9.17, 15) is 0 Å². The van der Waals surface area contributed by atoms with Gasteiger partial charge in [0.15, 0.2) is 0 Å². The average molecular weight is 1080 g/mol. The number of fused-ring (bicyclic) bond motifs is 8. The maximum Gasteiger partial charge on any atom is 0.252 e. The van der Waals surface area contributed by atoms with E-state index in [1.807, 2.05) is 11.3 Å². The molecule has 81 heavy (non-hydrogen) atoms. The lowest BCUT2D eigenvalue weighted by Gasteiger charge is -2.45. The Hall–Kier alpha value is -7.34. The van der Waals surface area contributed by atoms with Gasteiger partial charge in [-0.25, -0.2) is 0 Å². The summed E-state index contributed by atoms with van der Waals surface area (Å²) in [6.45, 7) is 39.2. The molecule has 0 saturated heterocycles. The lowest BCUT2D eigenvalue weighted by Crippen LogP contribution is -2.61. The van der Waals surface area contributed by atoms with Crippen molar-refractivity contribution >= 4 is 106 Å². The third-order valence-electron chi connectivity index (χ3n) is 17.3. The molecule has 5 heteroatoms. The second kappa shape index (κ2) is 19.1. The summed E-state index contributed by atoms with van der Waals surface area (Å²) in [4.78, 5) is 7.84. The van der Waals surface area contributed by atoms with Crippen molar-refractivity contribution in [1.82, 2.24) is 0 Å². The molecule has 3 nitrogen and oxygen atoms in total. The number of hydrogen-bond donors (Lipinski definition) is 0. The van der Waals surface area contributed by atoms with E-state index in [2.05, 4.69) is 308 Å². The summed E-state index contributed by atoms with van der Waals surface area (Å²) in [6, 6.07) is 69.1. The summed E-state index contributed by atoms with van der Waals surface area (Å²) in [5, 5.41) is 2.53. The summed E-state index contributed by atoms with van der Waals surface area (Å²) in [6.07, 6.45) is 0. The molecule has 2 aliphatic heterocycles. The van der Waals surface area contributed by atoms with Crippen molar-refractivity contribution in [3.05, 3.63) is 215 Å². The van der Waals surface area contributed by atoms with Crippen molar-refractivity contribution < 1.29 is 0 Å². The summed E-state index contributed by atoms with van der Waals surface area (Å²) in [7, 11) is 0. The highest BCUT2D eigenvalue weighted by molar-refractivity contribution is 7.27. The molecule has 408 valence electrons. The van der Waals surface area contributed by atoms with Crippen LogP contribution < -0.4 is 31.1 Å². The quantitative estimate of drug-likeness (QED) is 0.154. The van der Waals surface area contributed by atoms with Gasteiger partial charge < -0.3 is 14.7 Å². The fourth-order valence-electron chi connectivity index (χ4n) is 12.7. The number of anilines is 9. The Balaban J connectivity index is 1.26. The fraction of sp³-hybridized carbons (Fsp3) is 0.289. The highest BCUT2D eigenvalue weighted by Gasteiger charge is 2.46. The third-order valence-corrected chi connectivity index (χ3v) is 18.5. The zero-order valence-corrected chi connectivity index (χ0v) is 51.9. The molecule has 10 aromatic rings. The van der Waals surface area contributed by atoms with Gasteiger partial charge in [-0.1, -0.05) is 212 Å². The van der Waals surface area contributed by atoms with Crippen LogP contribution in [0.2, 0.25) is 0 Å². The van der Waals surface area contributed by atoms with Gasteiger partial charge in [-0.3, -0.25) is 0 Å². The van der Waals surface area contributed by atoms with Gasteiger partial charge in [-0.2, -0.15) is 0 Å². The normalized spacial score (nSPS) is 13.7. The molecule has 1 aromatic heterocycles. The van der Waals surface area contributed by atoms with Crippen LogP contribution in [-0.2, 0) is 27.1 Å². The van der Waals surface area contributed by atoms with Crippen molar-refractivity contribution in [2.75, 3.05) is 14.7 Å². The number of nitrogens with zero attached hydrogens (tertiary/aromatic N) is 3. The van der Waals surface area contributed by atoms with E-state index in [1.54, 1.807) is 0 Å². The molecular weight excluding hydrogens is 998 g/mol. The fourth-order valence-corrected chi connectivity index (χ4v) is 14.0. The van der Waals surface area contributed by atoms with Crippen LogP contribution in [0.1, 0.15) is 143 Å². The van der Waals surface area contributed by atoms with Gasteiger partial charge in [0.05, 0.1) is 16.1 Å². The molecule has 0 N–H and O–H groups in total. The van der Waals surface area contributed by atoms with Crippen LogP contribution in [0, 0.1) is 13.8 Å². The van der Waals surface area contributed by atoms with Crippen LogP contribution in [0.4, 0.5) is 51.2 Å². The van der Waals surface area contributed by atoms with Gasteiger partial charge in [0, 0.05) is 55.3 Å². The van der Waals surface area contributed by atoms with Gasteiger partial charge in [0.25, 0.3) is 6.71 Å². The van der Waals surface area contributed by atoms with E-state index in [4.69, 9.17) is 0 Å². The highest BCUT2D eigenvalue weighted by atomic mass is 32.1. The topological polar surface area (TPSA) is 9.72 Å². The Morgan fingerprint density at radius 3 is 1.32 bits per heavy atom. The van der Waals surface area contributed by atoms with E-state index in [0.717, 1.165) is 22.7 Å². The molecule has 3 heterocycles. The van der Waals surface area contributed by atoms with Crippen LogP contribution in [0.3, 0.4) is 0 Å². The average Bonchev–Trinajstić information content (AvgIpc) is 3.72. The molecular formula is C76H80BN3S. The first kappa shape index (κ1) is 54.3. The molecule has 9 aromatic carbocycles. The van der Waals surface area contributed by atoms with E-state index >= 15 is 0 Å². The first-order valence-electron chi connectivity index (χ1n) is 29.4. The van der Waals surface area contributed by atoms with Gasteiger partial charge in [-0.15, -0.1) is 11.3 Å². The monoisotopic (exact) mass is 1080 g/mol. The standard InChI is InChI=1S/C76H80BN3S/c1-47-40-48(2)42-49(41-47)50-43-65-69-66(44-50)80(59-37-28-54(29-38-59)75(12,13)14)70-62(77(69)61-45-55(76(15,16)17)30-39-63(61)79(65)58-35-26-53(27-36-58)74(9,10)11)46-64(68-60-20-18-19-21-67(60)81-71(68)70)78(56-31-22-51(23-32-56)72(3,4)5)57-33-24-52(25-34-57)73(6,7)8/h18-46H,1-17H3. The van der Waals surface area contributed by atoms with Crippen molar-refractivity contribution in [2.24, 2.45) is 0 Å². The second-order valence-electron chi connectivity index (χ2n) is 28.6. The van der Waals surface area contributed by atoms with Crippen molar-refractivity contribution in [3.8, 4) is 11.1 Å². The minimum Gasteiger partial charge on any atom is -0.311 e. The lowest BCUT2D eigenvalue weighted by atomic mass is 9.33. The molecule has 0 spiro atoms. The molecule has 0 saturated carbocycles. The number of aryl methyl sites for hydroxylation is 2. The van der Waals surface area contributed by atoms with Gasteiger partial charge in [0.2, 0.25) is 0 Å². The third kappa shape index (κ3) is 9.58. The van der Waals surface area contributed by atoms with E-state index < -0.39 is 0 Å². The number of benzene rings is 9. The lowest BCUT2D eigenvalue weighted by molar-refractivity contribution is 0.590. The maximum atomic E-state index is 2.67. The minimum atomic E-state index is -0.132. The zero-order valence-electron chi connectivity index (χ0n) is 51.1. The minimum absolute atomic E-state index is 0.000827. The van der Waals surface area contributed by atoms with Crippen molar-refractivity contribution in [3.63, 3.8) is 0 Å². The van der Waals surface area contributed by atoms with E-state index in [1.165, 1.54) is 115 Å². The van der Waals surface area contributed by atoms with Crippen LogP contribution in [-0.4, -0.2) is 6.71 Å². The first-order valence-corrected chi connectivity index (χ1v) is 30.2. The molecule has 2 aliphatic rings. The molecule has 12 rings (SSSR count). The Bertz CT molecular complexity index is 3990. The molecule has 0 atom stereocenters. The summed E-state index contributed by atoms with van der Waals surface area (Å²) in [5.41, 5.74) is 26.0. The number of hydrogen-bond acceptors (Lipinski definition) is 4. The van der Waals surface area contributed by atoms with Crippen LogP contribution in [0.15, 0.2) is 176 Å². The summed E-state index contributed by atoms with van der Waals surface area (Å²) in [5.74, 6) is 0. The van der Waals surface area contributed by atoms with Crippen molar-refractivity contribution in [1.29, 1.82) is 0 Å². The zero-order chi connectivity index (χ0) is 57.5. The predicted octanol–water partition coefficient (Wildman–Crippen LogP) is 20.4. The van der Waals surface area contributed by atoms with Gasteiger partial charge in [0.1, 0.15) is 0 Å². The number of thiophene rings is 1. The SMILES string of the molecule is Cc1cc(C)cc(-c2cc3c4c(c2)N(c2ccc(C(C)(C)C)cc2)c2c(cc(N(c5ccc(C(C)(C)C)cc5)c5ccc(C(C)(C)C)cc5)c5c2sc2ccccc25)B4c2cc(C(C)(C)C)ccc2N3c2ccc(C(C)(C)C)cc2)c1. The highest BCUT2D eigenvalue weighted by Crippen LogP contribution is 2.54.